The predicted octanol–water partition coefficient (Wildman–Crippen LogP) is 3.01. The number of aromatic hydroxyl groups is 1. The molecule has 0 bridgehead atoms. The molecule has 0 radical (unpaired) electrons. The first-order chi connectivity index (χ1) is 16.0. The van der Waals surface area contributed by atoms with Crippen LogP contribution in [0.4, 0.5) is 0 Å². The first-order valence-electron chi connectivity index (χ1n) is 10.8. The van der Waals surface area contributed by atoms with Gasteiger partial charge in [0.15, 0.2) is 5.76 Å². The zero-order chi connectivity index (χ0) is 23.2. The standard InChI is InChI=1S/C25H26N2O6/c1-17-13-22(28)24(30)25(33-17)21(15-23(29)27-9-11-31-12-10-27)18-5-4-7-20(14-18)32-16-19-6-2-3-8-26-19/h2-8,13-14,21,30H,9-12,15-16H2,1H3/t21-/m1/s1. The topological polar surface area (TPSA) is 102 Å². The Labute approximate surface area is 191 Å². The third-order valence-electron chi connectivity index (χ3n) is 5.50. The van der Waals surface area contributed by atoms with Crippen LogP contribution in [0.25, 0.3) is 0 Å². The second-order valence-electron chi connectivity index (χ2n) is 7.87. The van der Waals surface area contributed by atoms with Crippen molar-refractivity contribution < 1.29 is 23.8 Å². The van der Waals surface area contributed by atoms with Crippen LogP contribution in [0.5, 0.6) is 11.5 Å². The molecule has 1 atom stereocenters. The highest BCUT2D eigenvalue weighted by Crippen LogP contribution is 2.35. The number of hydrogen-bond donors (Lipinski definition) is 1. The maximum Gasteiger partial charge on any atom is 0.227 e. The summed E-state index contributed by atoms with van der Waals surface area (Å²) >= 11 is 0. The Hall–Kier alpha value is -3.65. The summed E-state index contributed by atoms with van der Waals surface area (Å²) in [4.78, 5) is 31.3. The van der Waals surface area contributed by atoms with Crippen molar-refractivity contribution in [2.75, 3.05) is 26.3 Å². The average Bonchev–Trinajstić information content (AvgIpc) is 2.85. The summed E-state index contributed by atoms with van der Waals surface area (Å²) in [5.41, 5.74) is 0.934. The van der Waals surface area contributed by atoms with Gasteiger partial charge in [0.05, 0.1) is 24.8 Å². The molecule has 3 heterocycles. The van der Waals surface area contributed by atoms with Crippen molar-refractivity contribution in [2.45, 2.75) is 25.9 Å². The van der Waals surface area contributed by atoms with Crippen LogP contribution in [0.3, 0.4) is 0 Å². The van der Waals surface area contributed by atoms with Crippen molar-refractivity contribution in [3.05, 3.63) is 87.7 Å². The fraction of sp³-hybridized carbons (Fsp3) is 0.320. The molecule has 4 rings (SSSR count). The molecule has 8 nitrogen and oxygen atoms in total. The minimum absolute atomic E-state index is 0.0314. The van der Waals surface area contributed by atoms with Crippen molar-refractivity contribution in [3.8, 4) is 11.5 Å². The van der Waals surface area contributed by atoms with Crippen molar-refractivity contribution in [2.24, 2.45) is 0 Å². The predicted molar refractivity (Wildman–Crippen MR) is 120 cm³/mol. The fourth-order valence-corrected chi connectivity index (χ4v) is 3.80. The molecule has 1 aromatic carbocycles. The minimum atomic E-state index is -0.661. The molecule has 1 N–H and O–H groups in total. The van der Waals surface area contributed by atoms with Gasteiger partial charge in [-0.25, -0.2) is 0 Å². The summed E-state index contributed by atoms with van der Waals surface area (Å²) < 4.78 is 17.0. The number of nitrogens with zero attached hydrogens (tertiary/aromatic N) is 2. The van der Waals surface area contributed by atoms with Gasteiger partial charge in [0.1, 0.15) is 18.1 Å². The number of carbonyl (C=O) groups excluding carboxylic acids is 1. The molecule has 1 aliphatic heterocycles. The SMILES string of the molecule is Cc1cc(=O)c(O)c([C@H](CC(=O)N2CCOCC2)c2cccc(OCc3ccccn3)c2)o1. The zero-order valence-corrected chi connectivity index (χ0v) is 18.4. The van der Waals surface area contributed by atoms with Gasteiger partial charge >= 0.3 is 0 Å². The third kappa shape index (κ3) is 5.59. The summed E-state index contributed by atoms with van der Waals surface area (Å²) in [5, 5.41) is 10.5. The van der Waals surface area contributed by atoms with Gasteiger partial charge in [-0.1, -0.05) is 18.2 Å². The molecule has 1 saturated heterocycles. The molecule has 0 spiro atoms. The van der Waals surface area contributed by atoms with Gasteiger partial charge in [0, 0.05) is 31.8 Å². The van der Waals surface area contributed by atoms with Crippen LogP contribution in [0.15, 0.2) is 63.9 Å². The Balaban J connectivity index is 1.64. The second kappa shape index (κ2) is 10.3. The van der Waals surface area contributed by atoms with Crippen molar-refractivity contribution in [3.63, 3.8) is 0 Å². The number of amides is 1. The van der Waals surface area contributed by atoms with Crippen LogP contribution in [0, 0.1) is 6.92 Å². The quantitative estimate of drug-likeness (QED) is 0.590. The van der Waals surface area contributed by atoms with E-state index in [1.165, 1.54) is 6.07 Å². The first-order valence-corrected chi connectivity index (χ1v) is 10.8. The van der Waals surface area contributed by atoms with Crippen LogP contribution in [0.1, 0.15) is 35.1 Å². The maximum absolute atomic E-state index is 13.1. The number of ether oxygens (including phenoxy) is 2. The normalized spacial score (nSPS) is 14.6. The second-order valence-corrected chi connectivity index (χ2v) is 7.87. The summed E-state index contributed by atoms with van der Waals surface area (Å²) in [6.07, 6.45) is 1.73. The number of aromatic nitrogens is 1. The van der Waals surface area contributed by atoms with Gasteiger partial charge in [-0.15, -0.1) is 0 Å². The number of carbonyl (C=O) groups is 1. The minimum Gasteiger partial charge on any atom is -0.502 e. The molecule has 0 saturated carbocycles. The van der Waals surface area contributed by atoms with E-state index in [1.54, 1.807) is 36.2 Å². The van der Waals surface area contributed by atoms with Gasteiger partial charge in [-0.2, -0.15) is 0 Å². The number of benzene rings is 1. The van der Waals surface area contributed by atoms with Crippen LogP contribution in [-0.2, 0) is 16.1 Å². The molecule has 33 heavy (non-hydrogen) atoms. The molecule has 1 aliphatic rings. The van der Waals surface area contributed by atoms with E-state index in [0.29, 0.717) is 43.4 Å². The summed E-state index contributed by atoms with van der Waals surface area (Å²) in [7, 11) is 0. The molecule has 8 heteroatoms. The van der Waals surface area contributed by atoms with Crippen molar-refractivity contribution in [1.29, 1.82) is 0 Å². The lowest BCUT2D eigenvalue weighted by Gasteiger charge is -2.28. The number of rotatable bonds is 7. The Morgan fingerprint density at radius 1 is 1.18 bits per heavy atom. The Kier molecular flexibility index (Phi) is 7.04. The van der Waals surface area contributed by atoms with Crippen LogP contribution >= 0.6 is 0 Å². The van der Waals surface area contributed by atoms with Gasteiger partial charge in [0.25, 0.3) is 0 Å². The number of hydrogen-bond acceptors (Lipinski definition) is 7. The molecule has 3 aromatic rings. The van der Waals surface area contributed by atoms with E-state index in [0.717, 1.165) is 5.69 Å². The maximum atomic E-state index is 13.1. The Bertz CT molecular complexity index is 1160. The van der Waals surface area contributed by atoms with E-state index in [2.05, 4.69) is 4.98 Å². The van der Waals surface area contributed by atoms with E-state index in [1.807, 2.05) is 24.3 Å². The highest BCUT2D eigenvalue weighted by molar-refractivity contribution is 5.78. The Morgan fingerprint density at radius 3 is 2.76 bits per heavy atom. The molecule has 0 aliphatic carbocycles. The lowest BCUT2D eigenvalue weighted by Crippen LogP contribution is -2.41. The molecule has 1 amide bonds. The van der Waals surface area contributed by atoms with Crippen molar-refractivity contribution >= 4 is 5.91 Å². The molecule has 172 valence electrons. The molecule has 0 unspecified atom stereocenters. The van der Waals surface area contributed by atoms with E-state index < -0.39 is 17.1 Å². The third-order valence-corrected chi connectivity index (χ3v) is 5.50. The first kappa shape index (κ1) is 22.5. The van der Waals surface area contributed by atoms with Gasteiger partial charge < -0.3 is 23.9 Å². The van der Waals surface area contributed by atoms with E-state index in [4.69, 9.17) is 13.9 Å². The van der Waals surface area contributed by atoms with E-state index in [9.17, 15) is 14.7 Å². The summed E-state index contributed by atoms with van der Waals surface area (Å²) in [6, 6.07) is 14.0. The largest absolute Gasteiger partial charge is 0.502 e. The van der Waals surface area contributed by atoms with E-state index in [-0.39, 0.29) is 24.7 Å². The summed E-state index contributed by atoms with van der Waals surface area (Å²) in [5.74, 6) is -0.239. The lowest BCUT2D eigenvalue weighted by molar-refractivity contribution is -0.135. The summed E-state index contributed by atoms with van der Waals surface area (Å²) in [6.45, 7) is 3.89. The lowest BCUT2D eigenvalue weighted by atomic mass is 9.91. The highest BCUT2D eigenvalue weighted by Gasteiger charge is 2.28. The molecule has 1 fully saturated rings. The Morgan fingerprint density at radius 2 is 2.00 bits per heavy atom. The molecular formula is C25H26N2O6. The van der Waals surface area contributed by atoms with Crippen molar-refractivity contribution in [1.82, 2.24) is 9.88 Å². The zero-order valence-electron chi connectivity index (χ0n) is 18.4. The van der Waals surface area contributed by atoms with Gasteiger partial charge in [0.2, 0.25) is 17.1 Å². The highest BCUT2D eigenvalue weighted by atomic mass is 16.5. The smallest absolute Gasteiger partial charge is 0.227 e. The van der Waals surface area contributed by atoms with E-state index >= 15 is 0 Å². The average molecular weight is 450 g/mol. The molecular weight excluding hydrogens is 424 g/mol. The van der Waals surface area contributed by atoms with Gasteiger partial charge in [-0.3, -0.25) is 14.6 Å². The number of pyridine rings is 1. The van der Waals surface area contributed by atoms with Crippen LogP contribution < -0.4 is 10.2 Å². The van der Waals surface area contributed by atoms with Crippen LogP contribution in [-0.4, -0.2) is 47.2 Å². The van der Waals surface area contributed by atoms with Gasteiger partial charge in [-0.05, 0) is 36.8 Å². The molecule has 2 aromatic heterocycles. The number of aryl methyl sites for hydroxylation is 1. The number of morpholine rings is 1. The fourth-order valence-electron chi connectivity index (χ4n) is 3.80. The van der Waals surface area contributed by atoms with Crippen LogP contribution in [0.2, 0.25) is 0 Å². The monoisotopic (exact) mass is 450 g/mol.